The van der Waals surface area contributed by atoms with Gasteiger partial charge in [-0.15, -0.1) is 0 Å². The van der Waals surface area contributed by atoms with Crippen molar-refractivity contribution >= 4 is 5.97 Å². The molecule has 0 spiro atoms. The average Bonchev–Trinajstić information content (AvgIpc) is 1.82. The van der Waals surface area contributed by atoms with Crippen LogP contribution in [-0.2, 0) is 9.53 Å². The molecule has 0 bridgehead atoms. The Morgan fingerprint density at radius 2 is 2.18 bits per heavy atom. The molecule has 3 nitrogen and oxygen atoms in total. The molecule has 0 radical (unpaired) electrons. The van der Waals surface area contributed by atoms with Gasteiger partial charge in [-0.3, -0.25) is 4.79 Å². The number of carbonyl (C=O) groups is 1. The Morgan fingerprint density at radius 1 is 1.73 bits per heavy atom. The number of hydrogen-bond donors (Lipinski definition) is 1. The van der Waals surface area contributed by atoms with Crippen LogP contribution in [0.25, 0.3) is 0 Å². The topological polar surface area (TPSA) is 52.3 Å². The van der Waals surface area contributed by atoms with Gasteiger partial charge in [0.25, 0.3) is 0 Å². The fraction of sp³-hybridized carbons (Fsp3) is 0.857. The summed E-state index contributed by atoms with van der Waals surface area (Å²) < 4.78 is 17.2. The monoisotopic (exact) mass is 163 g/mol. The van der Waals surface area contributed by atoms with E-state index < -0.39 is 17.7 Å². The molecule has 0 aromatic carbocycles. The summed E-state index contributed by atoms with van der Waals surface area (Å²) in [6.45, 7) is 2.74. The van der Waals surface area contributed by atoms with Gasteiger partial charge in [0.1, 0.15) is 11.7 Å². The summed E-state index contributed by atoms with van der Waals surface area (Å²) in [5.74, 6) is -0.573. The van der Waals surface area contributed by atoms with Crippen molar-refractivity contribution in [3.63, 3.8) is 0 Å². The Hall–Kier alpha value is -0.640. The molecule has 0 heterocycles. The summed E-state index contributed by atoms with van der Waals surface area (Å²) in [5, 5.41) is 0. The standard InChI is InChI=1S/C7H14FNO2/c1-7(2,8)4-5(9)6(10)11-3/h5H,4,9H2,1-3H3/t5-/m0/s1. The highest BCUT2D eigenvalue weighted by atomic mass is 19.1. The molecule has 0 aliphatic rings. The van der Waals surface area contributed by atoms with Gasteiger partial charge < -0.3 is 10.5 Å². The molecule has 0 amide bonds. The van der Waals surface area contributed by atoms with Gasteiger partial charge in [0.15, 0.2) is 0 Å². The van der Waals surface area contributed by atoms with Crippen molar-refractivity contribution in [2.75, 3.05) is 7.11 Å². The van der Waals surface area contributed by atoms with E-state index in [-0.39, 0.29) is 6.42 Å². The highest BCUT2D eigenvalue weighted by molar-refractivity contribution is 5.75. The molecule has 0 rings (SSSR count). The molecule has 11 heavy (non-hydrogen) atoms. The van der Waals surface area contributed by atoms with Gasteiger partial charge in [0.2, 0.25) is 0 Å². The second-order valence-corrected chi connectivity index (χ2v) is 3.05. The minimum absolute atomic E-state index is 0.0142. The van der Waals surface area contributed by atoms with Gasteiger partial charge in [0.05, 0.1) is 7.11 Å². The van der Waals surface area contributed by atoms with Gasteiger partial charge in [-0.05, 0) is 13.8 Å². The zero-order valence-corrected chi connectivity index (χ0v) is 7.06. The Balaban J connectivity index is 3.87. The van der Waals surface area contributed by atoms with E-state index in [1.165, 1.54) is 21.0 Å². The van der Waals surface area contributed by atoms with Crippen molar-refractivity contribution in [2.45, 2.75) is 32.0 Å². The largest absolute Gasteiger partial charge is 0.468 e. The van der Waals surface area contributed by atoms with E-state index in [0.29, 0.717) is 0 Å². The van der Waals surface area contributed by atoms with Crippen molar-refractivity contribution in [2.24, 2.45) is 5.73 Å². The maximum atomic E-state index is 12.8. The molecule has 0 aliphatic carbocycles. The third-order valence-corrected chi connectivity index (χ3v) is 1.21. The third-order valence-electron chi connectivity index (χ3n) is 1.21. The van der Waals surface area contributed by atoms with Crippen molar-refractivity contribution in [1.29, 1.82) is 0 Å². The van der Waals surface area contributed by atoms with Crippen LogP contribution in [0.1, 0.15) is 20.3 Å². The SMILES string of the molecule is COC(=O)[C@@H](N)CC(C)(C)F. The first-order chi connectivity index (χ1) is 4.87. The molecule has 0 aromatic rings. The van der Waals surface area contributed by atoms with Crippen LogP contribution in [0, 0.1) is 0 Å². The number of alkyl halides is 1. The van der Waals surface area contributed by atoms with Crippen LogP contribution in [-0.4, -0.2) is 24.8 Å². The van der Waals surface area contributed by atoms with Crippen LogP contribution in [0.3, 0.4) is 0 Å². The molecule has 2 N–H and O–H groups in total. The fourth-order valence-corrected chi connectivity index (χ4v) is 0.758. The summed E-state index contributed by atoms with van der Waals surface area (Å²) in [6.07, 6.45) is -0.0142. The zero-order valence-electron chi connectivity index (χ0n) is 7.06. The Labute approximate surface area is 65.7 Å². The lowest BCUT2D eigenvalue weighted by Gasteiger charge is -2.17. The van der Waals surface area contributed by atoms with E-state index in [1.807, 2.05) is 0 Å². The van der Waals surface area contributed by atoms with Crippen LogP contribution < -0.4 is 5.73 Å². The number of methoxy groups -OCH3 is 1. The molecule has 0 unspecified atom stereocenters. The van der Waals surface area contributed by atoms with Crippen molar-refractivity contribution < 1.29 is 13.9 Å². The van der Waals surface area contributed by atoms with Crippen molar-refractivity contribution in [1.82, 2.24) is 0 Å². The predicted octanol–water partition coefficient (Wildman–Crippen LogP) is 0.625. The molecule has 66 valence electrons. The van der Waals surface area contributed by atoms with Gasteiger partial charge >= 0.3 is 5.97 Å². The van der Waals surface area contributed by atoms with E-state index in [0.717, 1.165) is 0 Å². The summed E-state index contributed by atoms with van der Waals surface area (Å²) in [6, 6.07) is -0.861. The van der Waals surface area contributed by atoms with E-state index in [4.69, 9.17) is 5.73 Å². The van der Waals surface area contributed by atoms with Gasteiger partial charge in [-0.1, -0.05) is 0 Å². The van der Waals surface area contributed by atoms with Crippen LogP contribution in [0.15, 0.2) is 0 Å². The quantitative estimate of drug-likeness (QED) is 0.621. The smallest absolute Gasteiger partial charge is 0.322 e. The van der Waals surface area contributed by atoms with Gasteiger partial charge in [-0.25, -0.2) is 4.39 Å². The molecular weight excluding hydrogens is 149 g/mol. The van der Waals surface area contributed by atoms with Crippen LogP contribution in [0.2, 0.25) is 0 Å². The molecule has 0 fully saturated rings. The lowest BCUT2D eigenvalue weighted by Crippen LogP contribution is -2.36. The number of ether oxygens (including phenoxy) is 1. The Morgan fingerprint density at radius 3 is 2.45 bits per heavy atom. The second-order valence-electron chi connectivity index (χ2n) is 3.05. The van der Waals surface area contributed by atoms with Crippen molar-refractivity contribution in [3.8, 4) is 0 Å². The Bertz CT molecular complexity index is 142. The van der Waals surface area contributed by atoms with Crippen LogP contribution >= 0.6 is 0 Å². The molecule has 0 aliphatic heterocycles. The first-order valence-corrected chi connectivity index (χ1v) is 3.39. The summed E-state index contributed by atoms with van der Waals surface area (Å²) in [7, 11) is 1.23. The summed E-state index contributed by atoms with van der Waals surface area (Å²) in [5.41, 5.74) is 3.88. The third kappa shape index (κ3) is 4.72. The van der Waals surface area contributed by atoms with Crippen LogP contribution in [0.5, 0.6) is 0 Å². The number of carbonyl (C=O) groups excluding carboxylic acids is 1. The lowest BCUT2D eigenvalue weighted by molar-refractivity contribution is -0.143. The zero-order chi connectivity index (χ0) is 9.07. The number of esters is 1. The number of rotatable bonds is 3. The molecule has 4 heteroatoms. The molecular formula is C7H14FNO2. The number of hydrogen-bond acceptors (Lipinski definition) is 3. The van der Waals surface area contributed by atoms with Gasteiger partial charge in [0, 0.05) is 6.42 Å². The van der Waals surface area contributed by atoms with E-state index in [2.05, 4.69) is 4.74 Å². The highest BCUT2D eigenvalue weighted by Gasteiger charge is 2.24. The van der Waals surface area contributed by atoms with Crippen molar-refractivity contribution in [3.05, 3.63) is 0 Å². The molecule has 0 saturated heterocycles. The molecule has 0 aromatic heterocycles. The van der Waals surface area contributed by atoms with Crippen LogP contribution in [0.4, 0.5) is 4.39 Å². The maximum absolute atomic E-state index is 12.8. The minimum Gasteiger partial charge on any atom is -0.468 e. The van der Waals surface area contributed by atoms with E-state index in [1.54, 1.807) is 0 Å². The normalized spacial score (nSPS) is 14.3. The molecule has 0 saturated carbocycles. The predicted molar refractivity (Wildman–Crippen MR) is 39.8 cm³/mol. The first kappa shape index (κ1) is 10.4. The summed E-state index contributed by atoms with van der Waals surface area (Å²) >= 11 is 0. The first-order valence-electron chi connectivity index (χ1n) is 3.39. The highest BCUT2D eigenvalue weighted by Crippen LogP contribution is 2.15. The fourth-order valence-electron chi connectivity index (χ4n) is 0.758. The van der Waals surface area contributed by atoms with Gasteiger partial charge in [-0.2, -0.15) is 0 Å². The Kier molecular flexibility index (Phi) is 3.45. The average molecular weight is 163 g/mol. The van der Waals surface area contributed by atoms with E-state index >= 15 is 0 Å². The maximum Gasteiger partial charge on any atom is 0.322 e. The lowest BCUT2D eigenvalue weighted by atomic mass is 10.0. The summed E-state index contributed by atoms with van der Waals surface area (Å²) in [4.78, 5) is 10.7. The minimum atomic E-state index is -1.42. The number of halogens is 1. The van der Waals surface area contributed by atoms with E-state index in [9.17, 15) is 9.18 Å². The molecule has 1 atom stereocenters. The number of nitrogens with two attached hydrogens (primary N) is 1. The second kappa shape index (κ2) is 3.67.